The van der Waals surface area contributed by atoms with Crippen molar-refractivity contribution < 1.29 is 23.2 Å². The molecular formula is C22H17BrFN3O4. The van der Waals surface area contributed by atoms with Gasteiger partial charge in [0, 0.05) is 15.9 Å². The SMILES string of the molecule is Cc1cc(C=C2C(=O)NC(=O)N(Cc3ccco3)C2=O)c(C)n1-c1ccc(Br)cc1F. The third-order valence-electron chi connectivity index (χ3n) is 5.00. The summed E-state index contributed by atoms with van der Waals surface area (Å²) in [7, 11) is 0. The number of carbonyl (C=O) groups excluding carboxylic acids is 3. The van der Waals surface area contributed by atoms with E-state index in [2.05, 4.69) is 21.2 Å². The first-order valence-corrected chi connectivity index (χ1v) is 10.1. The summed E-state index contributed by atoms with van der Waals surface area (Å²) in [5.74, 6) is -1.53. The van der Waals surface area contributed by atoms with E-state index in [0.29, 0.717) is 27.2 Å². The Hall–Kier alpha value is -3.46. The summed E-state index contributed by atoms with van der Waals surface area (Å²) in [5, 5.41) is 2.18. The number of halogens is 2. The van der Waals surface area contributed by atoms with E-state index in [1.54, 1.807) is 48.7 Å². The molecule has 0 aliphatic carbocycles. The molecule has 4 rings (SSSR count). The standard InChI is InChI=1S/C22H17BrFN3O4/c1-12-8-14(13(2)27(12)19-6-5-15(23)10-18(19)24)9-17-20(28)25-22(30)26(21(17)29)11-16-4-3-7-31-16/h3-10H,11H2,1-2H3,(H,25,28,30). The van der Waals surface area contributed by atoms with Gasteiger partial charge in [-0.05, 0) is 61.9 Å². The Balaban J connectivity index is 1.73. The average molecular weight is 486 g/mol. The highest BCUT2D eigenvalue weighted by Gasteiger charge is 2.36. The molecule has 158 valence electrons. The van der Waals surface area contributed by atoms with Gasteiger partial charge in [-0.2, -0.15) is 0 Å². The molecule has 0 unspecified atom stereocenters. The number of aromatic nitrogens is 1. The van der Waals surface area contributed by atoms with Crippen molar-refractivity contribution in [3.63, 3.8) is 0 Å². The number of benzene rings is 1. The highest BCUT2D eigenvalue weighted by molar-refractivity contribution is 9.10. The van der Waals surface area contributed by atoms with Crippen molar-refractivity contribution in [1.29, 1.82) is 0 Å². The average Bonchev–Trinajstić information content (AvgIpc) is 3.31. The Bertz CT molecular complexity index is 1240. The zero-order chi connectivity index (χ0) is 22.3. The lowest BCUT2D eigenvalue weighted by atomic mass is 10.1. The number of furan rings is 1. The predicted molar refractivity (Wildman–Crippen MR) is 114 cm³/mol. The molecule has 2 aromatic heterocycles. The van der Waals surface area contributed by atoms with Crippen molar-refractivity contribution in [3.8, 4) is 5.69 Å². The minimum Gasteiger partial charge on any atom is -0.467 e. The second kappa shape index (κ2) is 7.99. The fourth-order valence-electron chi connectivity index (χ4n) is 3.52. The van der Waals surface area contributed by atoms with Gasteiger partial charge in [0.25, 0.3) is 11.8 Å². The highest BCUT2D eigenvalue weighted by Crippen LogP contribution is 2.27. The van der Waals surface area contributed by atoms with E-state index in [-0.39, 0.29) is 12.1 Å². The van der Waals surface area contributed by atoms with E-state index in [1.165, 1.54) is 18.4 Å². The van der Waals surface area contributed by atoms with Crippen molar-refractivity contribution >= 4 is 39.9 Å². The lowest BCUT2D eigenvalue weighted by Crippen LogP contribution is -2.53. The summed E-state index contributed by atoms with van der Waals surface area (Å²) < 4.78 is 22.0. The number of nitrogens with zero attached hydrogens (tertiary/aromatic N) is 2. The van der Waals surface area contributed by atoms with Gasteiger partial charge in [0.1, 0.15) is 17.2 Å². The summed E-state index contributed by atoms with van der Waals surface area (Å²) in [6.45, 7) is 3.45. The van der Waals surface area contributed by atoms with E-state index in [4.69, 9.17) is 4.42 Å². The van der Waals surface area contributed by atoms with Gasteiger partial charge >= 0.3 is 6.03 Å². The zero-order valence-corrected chi connectivity index (χ0v) is 18.2. The first-order chi connectivity index (χ1) is 14.8. The first-order valence-electron chi connectivity index (χ1n) is 9.32. The van der Waals surface area contributed by atoms with E-state index >= 15 is 0 Å². The van der Waals surface area contributed by atoms with Crippen LogP contribution in [0.4, 0.5) is 9.18 Å². The maximum absolute atomic E-state index is 14.5. The van der Waals surface area contributed by atoms with Gasteiger partial charge in [0.2, 0.25) is 0 Å². The monoisotopic (exact) mass is 485 g/mol. The molecule has 1 aliphatic rings. The van der Waals surface area contributed by atoms with Gasteiger partial charge in [-0.15, -0.1) is 0 Å². The van der Waals surface area contributed by atoms with Gasteiger partial charge in [-0.1, -0.05) is 15.9 Å². The molecular weight excluding hydrogens is 469 g/mol. The number of aryl methyl sites for hydroxylation is 1. The van der Waals surface area contributed by atoms with Crippen LogP contribution in [-0.2, 0) is 16.1 Å². The van der Waals surface area contributed by atoms with Crippen LogP contribution in [0.25, 0.3) is 11.8 Å². The van der Waals surface area contributed by atoms with Gasteiger partial charge in [-0.25, -0.2) is 9.18 Å². The second-order valence-corrected chi connectivity index (χ2v) is 7.96. The molecule has 31 heavy (non-hydrogen) atoms. The van der Waals surface area contributed by atoms with Crippen LogP contribution in [0, 0.1) is 19.7 Å². The summed E-state index contributed by atoms with van der Waals surface area (Å²) >= 11 is 3.24. The van der Waals surface area contributed by atoms with Crippen LogP contribution in [0.15, 0.2) is 57.1 Å². The minimum atomic E-state index is -0.814. The minimum absolute atomic E-state index is 0.106. The van der Waals surface area contributed by atoms with Crippen molar-refractivity contribution in [3.05, 3.63) is 81.2 Å². The largest absolute Gasteiger partial charge is 0.467 e. The molecule has 0 saturated carbocycles. The molecule has 3 aromatic rings. The molecule has 7 nitrogen and oxygen atoms in total. The van der Waals surface area contributed by atoms with E-state index in [1.807, 2.05) is 0 Å². The fraction of sp³-hybridized carbons (Fsp3) is 0.136. The third kappa shape index (κ3) is 3.84. The Kier molecular flexibility index (Phi) is 5.36. The van der Waals surface area contributed by atoms with E-state index in [0.717, 1.165) is 10.6 Å². The van der Waals surface area contributed by atoms with Crippen LogP contribution in [0.1, 0.15) is 22.7 Å². The lowest BCUT2D eigenvalue weighted by molar-refractivity contribution is -0.130. The number of hydrogen-bond acceptors (Lipinski definition) is 4. The number of barbiturate groups is 1. The van der Waals surface area contributed by atoms with Crippen LogP contribution in [0.2, 0.25) is 0 Å². The number of rotatable bonds is 4. The molecule has 9 heteroatoms. The molecule has 0 bridgehead atoms. The summed E-state index contributed by atoms with van der Waals surface area (Å²) in [6.07, 6.45) is 2.84. The molecule has 1 aliphatic heterocycles. The number of hydrogen-bond donors (Lipinski definition) is 1. The van der Waals surface area contributed by atoms with Crippen LogP contribution in [0.3, 0.4) is 0 Å². The Morgan fingerprint density at radius 3 is 2.61 bits per heavy atom. The smallest absolute Gasteiger partial charge is 0.331 e. The summed E-state index contributed by atoms with van der Waals surface area (Å²) in [5.41, 5.74) is 2.07. The molecule has 1 fully saturated rings. The fourth-order valence-corrected chi connectivity index (χ4v) is 3.85. The van der Waals surface area contributed by atoms with Gasteiger partial charge in [0.15, 0.2) is 0 Å². The van der Waals surface area contributed by atoms with E-state index < -0.39 is 23.7 Å². The highest BCUT2D eigenvalue weighted by atomic mass is 79.9. The Labute approximate surface area is 185 Å². The zero-order valence-electron chi connectivity index (χ0n) is 16.6. The topological polar surface area (TPSA) is 84.6 Å². The number of carbonyl (C=O) groups is 3. The van der Waals surface area contributed by atoms with Crippen molar-refractivity contribution in [2.75, 3.05) is 0 Å². The van der Waals surface area contributed by atoms with Gasteiger partial charge < -0.3 is 8.98 Å². The number of nitrogens with one attached hydrogen (secondary N) is 1. The van der Waals surface area contributed by atoms with Crippen LogP contribution in [-0.4, -0.2) is 27.3 Å². The van der Waals surface area contributed by atoms with Crippen LogP contribution < -0.4 is 5.32 Å². The van der Waals surface area contributed by atoms with Crippen molar-refractivity contribution in [2.24, 2.45) is 0 Å². The van der Waals surface area contributed by atoms with Gasteiger partial charge in [0.05, 0.1) is 18.5 Å². The lowest BCUT2D eigenvalue weighted by Gasteiger charge is -2.25. The third-order valence-corrected chi connectivity index (χ3v) is 5.49. The molecule has 3 heterocycles. The predicted octanol–water partition coefficient (Wildman–Crippen LogP) is 4.25. The summed E-state index contributed by atoms with van der Waals surface area (Å²) in [6, 6.07) is 8.93. The molecule has 0 radical (unpaired) electrons. The molecule has 1 N–H and O–H groups in total. The maximum Gasteiger partial charge on any atom is 0.331 e. The quantitative estimate of drug-likeness (QED) is 0.442. The first kappa shape index (κ1) is 20.8. The van der Waals surface area contributed by atoms with Crippen molar-refractivity contribution in [1.82, 2.24) is 14.8 Å². The number of imide groups is 2. The molecule has 0 atom stereocenters. The number of urea groups is 1. The Morgan fingerprint density at radius 1 is 1.16 bits per heavy atom. The molecule has 4 amide bonds. The van der Waals surface area contributed by atoms with Crippen LogP contribution in [0.5, 0.6) is 0 Å². The Morgan fingerprint density at radius 2 is 1.94 bits per heavy atom. The second-order valence-electron chi connectivity index (χ2n) is 7.05. The normalized spacial score (nSPS) is 15.7. The molecule has 0 spiro atoms. The molecule has 1 aromatic carbocycles. The van der Waals surface area contributed by atoms with Crippen molar-refractivity contribution in [2.45, 2.75) is 20.4 Å². The van der Waals surface area contributed by atoms with Crippen LogP contribution >= 0.6 is 15.9 Å². The summed E-state index contributed by atoms with van der Waals surface area (Å²) in [4.78, 5) is 38.4. The molecule has 1 saturated heterocycles. The van der Waals surface area contributed by atoms with Gasteiger partial charge in [-0.3, -0.25) is 19.8 Å². The van der Waals surface area contributed by atoms with E-state index in [9.17, 15) is 18.8 Å². The maximum atomic E-state index is 14.5. The number of amides is 4.